The summed E-state index contributed by atoms with van der Waals surface area (Å²) in [6.45, 7) is 2.16. The third-order valence-corrected chi connectivity index (χ3v) is 5.44. The Bertz CT molecular complexity index is 489. The van der Waals surface area contributed by atoms with Crippen LogP contribution in [0.5, 0.6) is 0 Å². The van der Waals surface area contributed by atoms with Crippen molar-refractivity contribution in [2.24, 2.45) is 23.2 Å². The number of carbonyl (C=O) groups is 2. The van der Waals surface area contributed by atoms with Crippen LogP contribution < -0.4 is 0 Å². The maximum Gasteiger partial charge on any atom is 0.404 e. The molecule has 2 saturated carbocycles. The molecular formula is C14H17F3O4. The van der Waals surface area contributed by atoms with E-state index in [4.69, 9.17) is 9.47 Å². The molecule has 3 fully saturated rings. The number of fused-ring (bicyclic) bond motifs is 1. The van der Waals surface area contributed by atoms with Gasteiger partial charge in [-0.15, -0.1) is 0 Å². The van der Waals surface area contributed by atoms with Crippen molar-refractivity contribution in [3.8, 4) is 0 Å². The quantitative estimate of drug-likeness (QED) is 0.752. The van der Waals surface area contributed by atoms with Crippen molar-refractivity contribution in [1.29, 1.82) is 0 Å². The molecule has 1 aliphatic heterocycles. The zero-order valence-corrected chi connectivity index (χ0v) is 11.8. The van der Waals surface area contributed by atoms with Gasteiger partial charge in [0.05, 0.1) is 5.92 Å². The first kappa shape index (κ1) is 14.7. The second-order valence-electron chi connectivity index (χ2n) is 6.46. The first-order valence-corrected chi connectivity index (χ1v) is 7.17. The van der Waals surface area contributed by atoms with Gasteiger partial charge >= 0.3 is 18.1 Å². The fourth-order valence-corrected chi connectivity index (χ4v) is 3.78. The van der Waals surface area contributed by atoms with Gasteiger partial charge in [-0.3, -0.25) is 9.59 Å². The summed E-state index contributed by atoms with van der Waals surface area (Å²) in [7, 11) is 0. The van der Waals surface area contributed by atoms with E-state index in [1.807, 2.05) is 0 Å². The molecule has 7 heteroatoms. The number of alkyl halides is 3. The molecule has 3 rings (SSSR count). The molecule has 4 nitrogen and oxygen atoms in total. The lowest BCUT2D eigenvalue weighted by Gasteiger charge is -2.32. The lowest BCUT2D eigenvalue weighted by atomic mass is 9.85. The Morgan fingerprint density at radius 3 is 2.62 bits per heavy atom. The molecule has 6 atom stereocenters. The van der Waals surface area contributed by atoms with E-state index in [1.165, 1.54) is 6.92 Å². The number of hydrogen-bond acceptors (Lipinski definition) is 4. The highest BCUT2D eigenvalue weighted by Crippen LogP contribution is 2.56. The van der Waals surface area contributed by atoms with E-state index in [2.05, 4.69) is 0 Å². The zero-order valence-electron chi connectivity index (χ0n) is 11.8. The number of halogens is 3. The molecule has 1 heterocycles. The van der Waals surface area contributed by atoms with Crippen LogP contribution in [0.3, 0.4) is 0 Å². The fourth-order valence-electron chi connectivity index (χ4n) is 3.78. The summed E-state index contributed by atoms with van der Waals surface area (Å²) < 4.78 is 49.6. The minimum Gasteiger partial charge on any atom is -0.458 e. The van der Waals surface area contributed by atoms with Crippen LogP contribution in [0, 0.1) is 23.2 Å². The molecule has 0 N–H and O–H groups in total. The molecule has 0 aromatic rings. The van der Waals surface area contributed by atoms with Gasteiger partial charge in [0.2, 0.25) is 0 Å². The highest BCUT2D eigenvalue weighted by Gasteiger charge is 2.65. The van der Waals surface area contributed by atoms with Crippen molar-refractivity contribution < 1.29 is 32.2 Å². The normalized spacial score (nSPS) is 40.0. The van der Waals surface area contributed by atoms with E-state index >= 15 is 0 Å². The third-order valence-electron chi connectivity index (χ3n) is 5.44. The number of rotatable bonds is 3. The second kappa shape index (κ2) is 4.36. The Labute approximate surface area is 120 Å². The average molecular weight is 306 g/mol. The molecule has 0 aromatic carbocycles. The SMILES string of the molecule is CCC(C)(C(=O)OC1C2CC3C(=O)OC1C3C2)C(F)(F)F. The van der Waals surface area contributed by atoms with Gasteiger partial charge in [0.15, 0.2) is 5.41 Å². The minimum absolute atomic E-state index is 0.000862. The van der Waals surface area contributed by atoms with Crippen molar-refractivity contribution in [1.82, 2.24) is 0 Å². The van der Waals surface area contributed by atoms with Crippen LogP contribution >= 0.6 is 0 Å². The van der Waals surface area contributed by atoms with Crippen molar-refractivity contribution in [3.05, 3.63) is 0 Å². The van der Waals surface area contributed by atoms with E-state index in [0.717, 1.165) is 6.92 Å². The topological polar surface area (TPSA) is 52.6 Å². The summed E-state index contributed by atoms with van der Waals surface area (Å²) >= 11 is 0. The Balaban J connectivity index is 1.76. The van der Waals surface area contributed by atoms with Crippen LogP contribution in [0.15, 0.2) is 0 Å². The Hall–Kier alpha value is -1.27. The number of hydrogen-bond donors (Lipinski definition) is 0. The van der Waals surface area contributed by atoms with E-state index in [1.54, 1.807) is 0 Å². The molecule has 0 spiro atoms. The highest BCUT2D eigenvalue weighted by molar-refractivity contribution is 5.79. The van der Waals surface area contributed by atoms with Gasteiger partial charge in [0, 0.05) is 11.8 Å². The van der Waals surface area contributed by atoms with Crippen molar-refractivity contribution in [2.75, 3.05) is 0 Å². The summed E-state index contributed by atoms with van der Waals surface area (Å²) in [5.41, 5.74) is -2.52. The Morgan fingerprint density at radius 1 is 1.38 bits per heavy atom. The molecule has 1 saturated heterocycles. The van der Waals surface area contributed by atoms with Crippen LogP contribution in [-0.4, -0.2) is 30.3 Å². The standard InChI is InChI=1S/C14H17F3O4/c1-3-13(2,14(15,16)17)12(19)21-9-6-4-7-8(5-6)11(18)20-10(7)9/h6-10H,3-5H2,1-2H3. The average Bonchev–Trinajstić information content (AvgIpc) is 3.00. The minimum atomic E-state index is -4.66. The maximum absolute atomic E-state index is 13.1. The zero-order chi connectivity index (χ0) is 15.6. The Kier molecular flexibility index (Phi) is 3.05. The van der Waals surface area contributed by atoms with Gasteiger partial charge in [-0.25, -0.2) is 0 Å². The van der Waals surface area contributed by atoms with Gasteiger partial charge < -0.3 is 9.47 Å². The summed E-state index contributed by atoms with van der Waals surface area (Å²) in [6, 6.07) is 0. The summed E-state index contributed by atoms with van der Waals surface area (Å²) in [4.78, 5) is 23.6. The number of ether oxygens (including phenoxy) is 2. The molecule has 0 amide bonds. The van der Waals surface area contributed by atoms with Crippen LogP contribution in [0.2, 0.25) is 0 Å². The van der Waals surface area contributed by atoms with Crippen LogP contribution in [-0.2, 0) is 19.1 Å². The molecule has 0 aromatic heterocycles. The van der Waals surface area contributed by atoms with E-state index in [-0.39, 0.29) is 30.1 Å². The molecule has 118 valence electrons. The van der Waals surface area contributed by atoms with Gasteiger partial charge in [0.25, 0.3) is 0 Å². The van der Waals surface area contributed by atoms with Gasteiger partial charge in [-0.05, 0) is 26.2 Å². The molecule has 6 unspecified atom stereocenters. The van der Waals surface area contributed by atoms with E-state index < -0.39 is 29.8 Å². The van der Waals surface area contributed by atoms with Crippen molar-refractivity contribution in [3.63, 3.8) is 0 Å². The van der Waals surface area contributed by atoms with Gasteiger partial charge in [-0.1, -0.05) is 6.92 Å². The maximum atomic E-state index is 13.1. The lowest BCUT2D eigenvalue weighted by Crippen LogP contribution is -2.47. The first-order valence-electron chi connectivity index (χ1n) is 7.17. The fraction of sp³-hybridized carbons (Fsp3) is 0.857. The first-order chi connectivity index (χ1) is 9.69. The Morgan fingerprint density at radius 2 is 2.05 bits per heavy atom. The summed E-state index contributed by atoms with van der Waals surface area (Å²) in [5.74, 6) is -1.79. The molecule has 21 heavy (non-hydrogen) atoms. The predicted molar refractivity (Wildman–Crippen MR) is 63.9 cm³/mol. The van der Waals surface area contributed by atoms with E-state index in [9.17, 15) is 22.8 Å². The van der Waals surface area contributed by atoms with Gasteiger partial charge in [-0.2, -0.15) is 13.2 Å². The number of esters is 2. The van der Waals surface area contributed by atoms with Crippen LogP contribution in [0.25, 0.3) is 0 Å². The van der Waals surface area contributed by atoms with E-state index in [0.29, 0.717) is 12.8 Å². The van der Waals surface area contributed by atoms with Crippen LogP contribution in [0.4, 0.5) is 13.2 Å². The second-order valence-corrected chi connectivity index (χ2v) is 6.46. The van der Waals surface area contributed by atoms with Crippen molar-refractivity contribution >= 4 is 11.9 Å². The third kappa shape index (κ3) is 1.89. The molecular weight excluding hydrogens is 289 g/mol. The van der Waals surface area contributed by atoms with Gasteiger partial charge in [0.1, 0.15) is 12.2 Å². The lowest BCUT2D eigenvalue weighted by molar-refractivity contribution is -0.236. The summed E-state index contributed by atoms with van der Waals surface area (Å²) in [5, 5.41) is 0. The summed E-state index contributed by atoms with van der Waals surface area (Å²) in [6.07, 6.45) is -5.09. The van der Waals surface area contributed by atoms with Crippen molar-refractivity contribution in [2.45, 2.75) is 51.5 Å². The smallest absolute Gasteiger partial charge is 0.404 e. The molecule has 2 bridgehead atoms. The monoisotopic (exact) mass is 306 g/mol. The highest BCUT2D eigenvalue weighted by atomic mass is 19.4. The molecule has 0 radical (unpaired) electrons. The molecule has 3 aliphatic rings. The molecule has 2 aliphatic carbocycles. The van der Waals surface area contributed by atoms with Crippen LogP contribution in [0.1, 0.15) is 33.1 Å². The largest absolute Gasteiger partial charge is 0.458 e. The number of carbonyl (C=O) groups excluding carboxylic acids is 2. The predicted octanol–water partition coefficient (Wildman–Crippen LogP) is 2.46.